The second-order valence-corrected chi connectivity index (χ2v) is 1.91. The molecule has 0 fully saturated rings. The minimum atomic E-state index is 0.899. The third-order valence-electron chi connectivity index (χ3n) is 0.775. The molecule has 0 aliphatic rings. The van der Waals surface area contributed by atoms with Crippen LogP contribution in [0.5, 0.6) is 0 Å². The maximum Gasteiger partial charge on any atom is 0.0127 e. The van der Waals surface area contributed by atoms with Crippen LogP contribution in [0.1, 0.15) is 19.8 Å². The van der Waals surface area contributed by atoms with Crippen molar-refractivity contribution in [2.75, 3.05) is 0 Å². The Bertz CT molecular complexity index is 153. The van der Waals surface area contributed by atoms with Crippen molar-refractivity contribution >= 4 is 0 Å². The van der Waals surface area contributed by atoms with Crippen LogP contribution in [0.3, 0.4) is 0 Å². The first-order valence-electron chi connectivity index (χ1n) is 3.02. The van der Waals surface area contributed by atoms with Crippen LogP contribution >= 0.6 is 0 Å². The summed E-state index contributed by atoms with van der Waals surface area (Å²) in [7, 11) is 0. The van der Waals surface area contributed by atoms with Gasteiger partial charge < -0.3 is 0 Å². The molecule has 0 aliphatic carbocycles. The van der Waals surface area contributed by atoms with E-state index in [2.05, 4.69) is 25.0 Å². The van der Waals surface area contributed by atoms with Crippen LogP contribution in [-0.2, 0) is 0 Å². The lowest BCUT2D eigenvalue weighted by Crippen LogP contribution is -1.64. The molecular formula is C9H12. The summed E-state index contributed by atoms with van der Waals surface area (Å²) >= 11 is 0. The normalized spacial score (nSPS) is 7.22. The average Bonchev–Trinajstić information content (AvgIpc) is 1.80. The molecule has 0 saturated carbocycles. The highest BCUT2D eigenvalue weighted by Crippen LogP contribution is 1.87. The van der Waals surface area contributed by atoms with Gasteiger partial charge in [-0.3, -0.25) is 0 Å². The van der Waals surface area contributed by atoms with Gasteiger partial charge in [0.15, 0.2) is 0 Å². The van der Waals surface area contributed by atoms with E-state index in [1.165, 1.54) is 0 Å². The van der Waals surface area contributed by atoms with Gasteiger partial charge >= 0.3 is 0 Å². The van der Waals surface area contributed by atoms with E-state index in [4.69, 9.17) is 0 Å². The molecule has 0 saturated heterocycles. The highest BCUT2D eigenvalue weighted by Gasteiger charge is 1.72. The number of hydrogen-bond donors (Lipinski definition) is 0. The van der Waals surface area contributed by atoms with E-state index >= 15 is 0 Å². The van der Waals surface area contributed by atoms with Crippen molar-refractivity contribution in [3.8, 4) is 11.8 Å². The minimum absolute atomic E-state index is 0.899. The van der Waals surface area contributed by atoms with Crippen LogP contribution in [0, 0.1) is 11.8 Å². The Morgan fingerprint density at radius 3 is 2.78 bits per heavy atom. The van der Waals surface area contributed by atoms with Gasteiger partial charge in [-0.1, -0.05) is 24.5 Å². The predicted octanol–water partition coefficient (Wildman–Crippen LogP) is 2.53. The average molecular weight is 120 g/mol. The molecule has 0 unspecified atom stereocenters. The number of hydrogen-bond acceptors (Lipinski definition) is 0. The minimum Gasteiger partial charge on any atom is -0.103 e. The summed E-state index contributed by atoms with van der Waals surface area (Å²) in [5.74, 6) is 5.85. The van der Waals surface area contributed by atoms with E-state index < -0.39 is 0 Å². The van der Waals surface area contributed by atoms with Crippen LogP contribution in [0.4, 0.5) is 0 Å². The van der Waals surface area contributed by atoms with Gasteiger partial charge in [-0.15, -0.1) is 6.58 Å². The van der Waals surface area contributed by atoms with Crippen LogP contribution in [-0.4, -0.2) is 0 Å². The van der Waals surface area contributed by atoms with Crippen molar-refractivity contribution in [3.63, 3.8) is 0 Å². The summed E-state index contributed by atoms with van der Waals surface area (Å²) in [6.07, 6.45) is 3.74. The molecule has 0 atom stereocenters. The molecule has 0 bridgehead atoms. The molecule has 0 spiro atoms. The fourth-order valence-corrected chi connectivity index (χ4v) is 0.388. The zero-order valence-electron chi connectivity index (χ0n) is 5.91. The number of allylic oxidation sites excluding steroid dienone is 2. The van der Waals surface area contributed by atoms with Gasteiger partial charge in [-0.05, 0) is 18.9 Å². The zero-order valence-corrected chi connectivity index (χ0v) is 5.91. The summed E-state index contributed by atoms with van der Waals surface area (Å²) in [5, 5.41) is 0. The van der Waals surface area contributed by atoms with E-state index in [0.717, 1.165) is 18.4 Å². The molecule has 0 aromatic carbocycles. The number of rotatable bonds is 2. The van der Waals surface area contributed by atoms with Crippen LogP contribution in [0.25, 0.3) is 0 Å². The van der Waals surface area contributed by atoms with E-state index in [9.17, 15) is 0 Å². The van der Waals surface area contributed by atoms with Crippen molar-refractivity contribution in [2.24, 2.45) is 0 Å². The maximum atomic E-state index is 3.65. The van der Waals surface area contributed by atoms with E-state index in [1.54, 1.807) is 0 Å². The summed E-state index contributed by atoms with van der Waals surface area (Å²) in [6, 6.07) is 0. The van der Waals surface area contributed by atoms with Gasteiger partial charge in [0.25, 0.3) is 0 Å². The molecule has 48 valence electrons. The quantitative estimate of drug-likeness (QED) is 0.298. The fraction of sp³-hybridized carbons (Fsp3) is 0.333. The molecule has 0 N–H and O–H groups in total. The topological polar surface area (TPSA) is 0 Å². The Labute approximate surface area is 57.3 Å². The summed E-state index contributed by atoms with van der Waals surface area (Å²) in [4.78, 5) is 0. The Kier molecular flexibility index (Phi) is 4.63. The fourth-order valence-electron chi connectivity index (χ4n) is 0.388. The van der Waals surface area contributed by atoms with Crippen molar-refractivity contribution in [2.45, 2.75) is 19.8 Å². The molecule has 0 heterocycles. The Morgan fingerprint density at radius 2 is 2.33 bits per heavy atom. The van der Waals surface area contributed by atoms with E-state index in [0.29, 0.717) is 0 Å². The SMILES string of the molecule is C=CCCC#CC(=C)C. The monoisotopic (exact) mass is 120 g/mol. The second kappa shape index (κ2) is 5.18. The van der Waals surface area contributed by atoms with Crippen molar-refractivity contribution < 1.29 is 0 Å². The summed E-state index contributed by atoms with van der Waals surface area (Å²) < 4.78 is 0. The predicted molar refractivity (Wildman–Crippen MR) is 42.0 cm³/mol. The van der Waals surface area contributed by atoms with E-state index in [-0.39, 0.29) is 0 Å². The van der Waals surface area contributed by atoms with Gasteiger partial charge in [0.05, 0.1) is 0 Å². The van der Waals surface area contributed by atoms with Gasteiger partial charge in [-0.25, -0.2) is 0 Å². The van der Waals surface area contributed by atoms with Crippen molar-refractivity contribution in [1.82, 2.24) is 0 Å². The Balaban J connectivity index is 3.37. The molecule has 0 radical (unpaired) electrons. The molecular weight excluding hydrogens is 108 g/mol. The first-order chi connectivity index (χ1) is 4.27. The smallest absolute Gasteiger partial charge is 0.0127 e. The van der Waals surface area contributed by atoms with E-state index in [1.807, 2.05) is 13.0 Å². The lowest BCUT2D eigenvalue weighted by Gasteiger charge is -1.79. The maximum absolute atomic E-state index is 3.65. The van der Waals surface area contributed by atoms with Crippen LogP contribution in [0.15, 0.2) is 24.8 Å². The third kappa shape index (κ3) is 7.04. The zero-order chi connectivity index (χ0) is 7.11. The molecule has 0 nitrogen and oxygen atoms in total. The first kappa shape index (κ1) is 8.04. The first-order valence-corrected chi connectivity index (χ1v) is 3.02. The Hall–Kier alpha value is -0.960. The van der Waals surface area contributed by atoms with Crippen molar-refractivity contribution in [3.05, 3.63) is 24.8 Å². The van der Waals surface area contributed by atoms with Gasteiger partial charge in [0, 0.05) is 6.42 Å². The lowest BCUT2D eigenvalue weighted by atomic mass is 10.3. The van der Waals surface area contributed by atoms with Gasteiger partial charge in [0.1, 0.15) is 0 Å². The Morgan fingerprint density at radius 1 is 1.67 bits per heavy atom. The van der Waals surface area contributed by atoms with Gasteiger partial charge in [-0.2, -0.15) is 0 Å². The second-order valence-electron chi connectivity index (χ2n) is 1.91. The molecule has 0 aromatic heterocycles. The highest BCUT2D eigenvalue weighted by molar-refractivity contribution is 5.22. The molecule has 9 heavy (non-hydrogen) atoms. The molecule has 0 heteroatoms. The summed E-state index contributed by atoms with van der Waals surface area (Å²) in [5.41, 5.74) is 0.930. The molecule has 0 aromatic rings. The van der Waals surface area contributed by atoms with Crippen LogP contribution in [0.2, 0.25) is 0 Å². The highest BCUT2D eigenvalue weighted by atomic mass is 13.8. The third-order valence-corrected chi connectivity index (χ3v) is 0.775. The lowest BCUT2D eigenvalue weighted by molar-refractivity contribution is 1.09. The van der Waals surface area contributed by atoms with Gasteiger partial charge in [0.2, 0.25) is 0 Å². The van der Waals surface area contributed by atoms with Crippen molar-refractivity contribution in [1.29, 1.82) is 0 Å². The largest absolute Gasteiger partial charge is 0.103 e. The standard InChI is InChI=1S/C9H12/c1-4-5-6-7-8-9(2)3/h4H,1-2,5-6H2,3H3. The molecule has 0 aliphatic heterocycles. The summed E-state index contributed by atoms with van der Waals surface area (Å²) in [6.45, 7) is 9.14. The van der Waals surface area contributed by atoms with Crippen LogP contribution < -0.4 is 0 Å². The molecule has 0 rings (SSSR count). The molecule has 0 amide bonds. The number of unbranched alkanes of at least 4 members (excludes halogenated alkanes) is 1.